The number of benzene rings is 2. The lowest BCUT2D eigenvalue weighted by Gasteiger charge is -2.13. The number of anilines is 1. The quantitative estimate of drug-likeness (QED) is 0.126. The number of hydrogen-bond donors (Lipinski definition) is 3. The number of nitrogens with one attached hydrogen (secondary N) is 3. The molecular formula is C20H26IN5O3. The standard InChI is InChI=1S/C20H25N5O3.HI/c1-21-20(23-10-8-15-2-7-19-16(14-15)9-13-28-19)24-12-11-22-17-3-5-18(6-4-17)25(26)27;/h2-7,14,22H,8-13H2,1H3,(H2,21,23,24);1H. The van der Waals surface area contributed by atoms with Crippen molar-refractivity contribution in [2.75, 3.05) is 38.6 Å². The molecule has 0 saturated carbocycles. The van der Waals surface area contributed by atoms with Crippen LogP contribution in [0.25, 0.3) is 0 Å². The number of guanidine groups is 1. The zero-order valence-corrected chi connectivity index (χ0v) is 18.6. The smallest absolute Gasteiger partial charge is 0.269 e. The molecule has 0 aliphatic carbocycles. The summed E-state index contributed by atoms with van der Waals surface area (Å²) in [5, 5.41) is 20.4. The Bertz CT molecular complexity index is 843. The first kappa shape index (κ1) is 22.7. The van der Waals surface area contributed by atoms with Gasteiger partial charge >= 0.3 is 0 Å². The predicted octanol–water partition coefficient (Wildman–Crippen LogP) is 2.97. The molecule has 0 spiro atoms. The summed E-state index contributed by atoms with van der Waals surface area (Å²) >= 11 is 0. The molecule has 0 radical (unpaired) electrons. The van der Waals surface area contributed by atoms with Crippen molar-refractivity contribution in [3.05, 3.63) is 63.7 Å². The highest BCUT2D eigenvalue weighted by Gasteiger charge is 2.11. The van der Waals surface area contributed by atoms with Crippen LogP contribution in [0.5, 0.6) is 5.75 Å². The summed E-state index contributed by atoms with van der Waals surface area (Å²) in [5.41, 5.74) is 3.50. The second kappa shape index (κ2) is 11.4. The molecule has 2 aromatic carbocycles. The van der Waals surface area contributed by atoms with Gasteiger partial charge in [-0.3, -0.25) is 15.1 Å². The van der Waals surface area contributed by atoms with E-state index in [1.807, 2.05) is 0 Å². The SMILES string of the molecule is CN=C(NCCNc1ccc([N+](=O)[O-])cc1)NCCc1ccc2c(c1)CCO2.I. The van der Waals surface area contributed by atoms with Crippen molar-refractivity contribution in [3.8, 4) is 5.75 Å². The van der Waals surface area contributed by atoms with Crippen LogP contribution in [0, 0.1) is 10.1 Å². The Hall–Kier alpha value is -2.56. The fourth-order valence-corrected chi connectivity index (χ4v) is 3.03. The molecule has 1 aliphatic heterocycles. The van der Waals surface area contributed by atoms with Gasteiger partial charge in [0.05, 0.1) is 11.5 Å². The summed E-state index contributed by atoms with van der Waals surface area (Å²) in [7, 11) is 1.74. The van der Waals surface area contributed by atoms with Gasteiger partial charge in [0.15, 0.2) is 5.96 Å². The average molecular weight is 511 g/mol. The van der Waals surface area contributed by atoms with E-state index in [2.05, 4.69) is 39.1 Å². The van der Waals surface area contributed by atoms with Gasteiger partial charge in [-0.05, 0) is 35.7 Å². The number of nitrogens with zero attached hydrogens (tertiary/aromatic N) is 2. The normalized spacial score (nSPS) is 12.4. The minimum Gasteiger partial charge on any atom is -0.493 e. The third kappa shape index (κ3) is 6.77. The number of nitro benzene ring substituents is 1. The van der Waals surface area contributed by atoms with Crippen LogP contribution in [0.4, 0.5) is 11.4 Å². The maximum absolute atomic E-state index is 10.7. The van der Waals surface area contributed by atoms with Gasteiger partial charge in [0.1, 0.15) is 5.75 Å². The molecule has 0 aromatic heterocycles. The minimum atomic E-state index is -0.405. The van der Waals surface area contributed by atoms with Crippen LogP contribution in [0.2, 0.25) is 0 Å². The first-order chi connectivity index (χ1) is 13.7. The summed E-state index contributed by atoms with van der Waals surface area (Å²) in [6.45, 7) is 2.91. The molecule has 0 fully saturated rings. The molecule has 0 atom stereocenters. The molecule has 3 rings (SSSR count). The molecule has 0 unspecified atom stereocenters. The fourth-order valence-electron chi connectivity index (χ4n) is 3.03. The first-order valence-corrected chi connectivity index (χ1v) is 9.33. The largest absolute Gasteiger partial charge is 0.493 e. The van der Waals surface area contributed by atoms with Crippen LogP contribution in [-0.2, 0) is 12.8 Å². The minimum absolute atomic E-state index is 0. The predicted molar refractivity (Wildman–Crippen MR) is 126 cm³/mol. The first-order valence-electron chi connectivity index (χ1n) is 9.33. The van der Waals surface area contributed by atoms with Gasteiger partial charge in [-0.1, -0.05) is 12.1 Å². The lowest BCUT2D eigenvalue weighted by Crippen LogP contribution is -2.40. The topological polar surface area (TPSA) is 101 Å². The number of aliphatic imine (C=N–C) groups is 1. The van der Waals surface area contributed by atoms with Crippen LogP contribution in [0.15, 0.2) is 47.5 Å². The van der Waals surface area contributed by atoms with Crippen molar-refractivity contribution in [3.63, 3.8) is 0 Å². The molecule has 3 N–H and O–H groups in total. The lowest BCUT2D eigenvalue weighted by atomic mass is 10.1. The van der Waals surface area contributed by atoms with Crippen molar-refractivity contribution in [1.29, 1.82) is 0 Å². The summed E-state index contributed by atoms with van der Waals surface area (Å²) in [5.74, 6) is 1.75. The number of non-ortho nitro benzene ring substituents is 1. The molecule has 1 heterocycles. The maximum Gasteiger partial charge on any atom is 0.269 e. The molecule has 2 aromatic rings. The van der Waals surface area contributed by atoms with E-state index in [-0.39, 0.29) is 29.7 Å². The zero-order chi connectivity index (χ0) is 19.8. The Morgan fingerprint density at radius 3 is 2.62 bits per heavy atom. The van der Waals surface area contributed by atoms with Crippen molar-refractivity contribution in [2.45, 2.75) is 12.8 Å². The molecule has 156 valence electrons. The van der Waals surface area contributed by atoms with Gasteiger partial charge in [-0.15, -0.1) is 24.0 Å². The van der Waals surface area contributed by atoms with Crippen molar-refractivity contribution in [1.82, 2.24) is 10.6 Å². The summed E-state index contributed by atoms with van der Waals surface area (Å²) in [6.07, 6.45) is 1.90. The molecular weight excluding hydrogens is 485 g/mol. The highest BCUT2D eigenvalue weighted by atomic mass is 127. The molecule has 0 bridgehead atoms. The third-order valence-electron chi connectivity index (χ3n) is 4.51. The van der Waals surface area contributed by atoms with Crippen molar-refractivity contribution >= 4 is 41.3 Å². The highest BCUT2D eigenvalue weighted by Crippen LogP contribution is 2.25. The molecule has 29 heavy (non-hydrogen) atoms. The van der Waals surface area contributed by atoms with Gasteiger partial charge in [0.2, 0.25) is 0 Å². The van der Waals surface area contributed by atoms with E-state index in [0.717, 1.165) is 43.4 Å². The van der Waals surface area contributed by atoms with Gasteiger partial charge in [0.25, 0.3) is 5.69 Å². The number of ether oxygens (including phenoxy) is 1. The van der Waals surface area contributed by atoms with E-state index in [9.17, 15) is 10.1 Å². The highest BCUT2D eigenvalue weighted by molar-refractivity contribution is 14.0. The lowest BCUT2D eigenvalue weighted by molar-refractivity contribution is -0.384. The van der Waals surface area contributed by atoms with Crippen molar-refractivity contribution < 1.29 is 9.66 Å². The van der Waals surface area contributed by atoms with Crippen LogP contribution in [0.3, 0.4) is 0 Å². The van der Waals surface area contributed by atoms with Gasteiger partial charge in [-0.2, -0.15) is 0 Å². The van der Waals surface area contributed by atoms with E-state index in [1.165, 1.54) is 23.3 Å². The Kier molecular flexibility index (Phi) is 8.97. The second-order valence-electron chi connectivity index (χ2n) is 6.45. The molecule has 8 nitrogen and oxygen atoms in total. The van der Waals surface area contributed by atoms with Gasteiger partial charge in [0, 0.05) is 50.9 Å². The van der Waals surface area contributed by atoms with Crippen LogP contribution in [0.1, 0.15) is 11.1 Å². The Morgan fingerprint density at radius 2 is 1.90 bits per heavy atom. The molecule has 0 saturated heterocycles. The van der Waals surface area contributed by atoms with E-state index in [0.29, 0.717) is 13.1 Å². The number of nitro groups is 1. The zero-order valence-electron chi connectivity index (χ0n) is 16.3. The van der Waals surface area contributed by atoms with Gasteiger partial charge < -0.3 is 20.7 Å². The Labute approximate surface area is 187 Å². The molecule has 9 heteroatoms. The van der Waals surface area contributed by atoms with Gasteiger partial charge in [-0.25, -0.2) is 0 Å². The average Bonchev–Trinajstić information content (AvgIpc) is 3.18. The second-order valence-corrected chi connectivity index (χ2v) is 6.45. The third-order valence-corrected chi connectivity index (χ3v) is 4.51. The maximum atomic E-state index is 10.7. The Balaban J connectivity index is 0.00000300. The summed E-state index contributed by atoms with van der Waals surface area (Å²) in [6, 6.07) is 12.8. The summed E-state index contributed by atoms with van der Waals surface area (Å²) < 4.78 is 5.54. The number of fused-ring (bicyclic) bond motifs is 1. The van der Waals surface area contributed by atoms with E-state index in [1.54, 1.807) is 19.2 Å². The number of halogens is 1. The number of hydrogen-bond acceptors (Lipinski definition) is 5. The molecule has 0 amide bonds. The van der Waals surface area contributed by atoms with Crippen LogP contribution >= 0.6 is 24.0 Å². The monoisotopic (exact) mass is 511 g/mol. The van der Waals surface area contributed by atoms with Crippen LogP contribution < -0.4 is 20.7 Å². The Morgan fingerprint density at radius 1 is 1.14 bits per heavy atom. The van der Waals surface area contributed by atoms with E-state index < -0.39 is 4.92 Å². The van der Waals surface area contributed by atoms with E-state index >= 15 is 0 Å². The van der Waals surface area contributed by atoms with Crippen LogP contribution in [-0.4, -0.2) is 44.2 Å². The molecule has 1 aliphatic rings. The van der Waals surface area contributed by atoms with Crippen molar-refractivity contribution in [2.24, 2.45) is 4.99 Å². The fraction of sp³-hybridized carbons (Fsp3) is 0.350. The summed E-state index contributed by atoms with van der Waals surface area (Å²) in [4.78, 5) is 14.5. The van der Waals surface area contributed by atoms with E-state index in [4.69, 9.17) is 4.74 Å². The number of rotatable bonds is 8.